The largest absolute Gasteiger partial charge is 0.347 e. The fourth-order valence-corrected chi connectivity index (χ4v) is 4.96. The summed E-state index contributed by atoms with van der Waals surface area (Å²) in [5.41, 5.74) is 3.40. The number of pyridine rings is 2. The molecular weight excluding hydrogens is 457 g/mol. The summed E-state index contributed by atoms with van der Waals surface area (Å²) < 4.78 is 14.3. The molecule has 1 saturated carbocycles. The van der Waals surface area contributed by atoms with E-state index in [-0.39, 0.29) is 24.1 Å². The summed E-state index contributed by atoms with van der Waals surface area (Å²) in [7, 11) is 0. The lowest BCUT2D eigenvalue weighted by Gasteiger charge is -2.21. The van der Waals surface area contributed by atoms with Crippen molar-refractivity contribution >= 4 is 17.5 Å². The van der Waals surface area contributed by atoms with Gasteiger partial charge in [-0.15, -0.1) is 0 Å². The Bertz CT molecular complexity index is 1410. The minimum atomic E-state index is -0.957. The van der Waals surface area contributed by atoms with Gasteiger partial charge in [-0.2, -0.15) is 5.26 Å². The van der Waals surface area contributed by atoms with Gasteiger partial charge in [-0.1, -0.05) is 0 Å². The summed E-state index contributed by atoms with van der Waals surface area (Å²) in [6, 6.07) is 12.2. The lowest BCUT2D eigenvalue weighted by atomic mass is 9.83. The zero-order valence-electron chi connectivity index (χ0n) is 20.2. The quantitative estimate of drug-likeness (QED) is 0.557. The number of hydrogen-bond acceptors (Lipinski definition) is 5. The van der Waals surface area contributed by atoms with Gasteiger partial charge in [0.25, 0.3) is 5.91 Å². The predicted octanol–water partition coefficient (Wildman–Crippen LogP) is 4.49. The van der Waals surface area contributed by atoms with Crippen LogP contribution in [0.4, 0.5) is 10.1 Å². The van der Waals surface area contributed by atoms with Crippen LogP contribution in [0.25, 0.3) is 11.1 Å². The third kappa shape index (κ3) is 4.44. The van der Waals surface area contributed by atoms with E-state index in [9.17, 15) is 19.2 Å². The second kappa shape index (κ2) is 9.15. The summed E-state index contributed by atoms with van der Waals surface area (Å²) in [6.07, 6.45) is 5.70. The van der Waals surface area contributed by atoms with E-state index in [0.29, 0.717) is 35.5 Å². The monoisotopic (exact) mass is 483 g/mol. The third-order valence-corrected chi connectivity index (χ3v) is 6.93. The SMILES string of the molecule is Cc1cncc(-c2cc(F)cc(CNC(=O)c3cc(N4CC[C@@](C#N)(C5CC5)C4=O)cc(C)n3)c2)c1. The Morgan fingerprint density at radius 2 is 1.97 bits per heavy atom. The van der Waals surface area contributed by atoms with E-state index in [1.807, 2.05) is 19.1 Å². The third-order valence-electron chi connectivity index (χ3n) is 6.93. The molecule has 0 spiro atoms. The van der Waals surface area contributed by atoms with Crippen LogP contribution in [0.1, 0.15) is 46.6 Å². The van der Waals surface area contributed by atoms with Crippen LogP contribution in [0.3, 0.4) is 0 Å². The molecule has 2 amide bonds. The first-order valence-electron chi connectivity index (χ1n) is 12.0. The van der Waals surface area contributed by atoms with E-state index in [4.69, 9.17) is 0 Å². The Labute approximate surface area is 209 Å². The van der Waals surface area contributed by atoms with Gasteiger partial charge in [0.05, 0.1) is 6.07 Å². The smallest absolute Gasteiger partial charge is 0.270 e. The van der Waals surface area contributed by atoms with Crippen LogP contribution in [0.15, 0.2) is 48.8 Å². The Kier molecular flexibility index (Phi) is 6.00. The summed E-state index contributed by atoms with van der Waals surface area (Å²) in [6.45, 7) is 4.22. The van der Waals surface area contributed by atoms with Crippen molar-refractivity contribution in [3.8, 4) is 17.2 Å². The number of carbonyl (C=O) groups is 2. The van der Waals surface area contributed by atoms with E-state index in [1.54, 1.807) is 36.4 Å². The second-order valence-corrected chi connectivity index (χ2v) is 9.70. The van der Waals surface area contributed by atoms with Crippen LogP contribution in [0.2, 0.25) is 0 Å². The average Bonchev–Trinajstić information content (AvgIpc) is 3.65. The molecule has 3 heterocycles. The molecule has 182 valence electrons. The van der Waals surface area contributed by atoms with Crippen LogP contribution in [0, 0.1) is 42.3 Å². The Hall–Kier alpha value is -4.12. The highest BCUT2D eigenvalue weighted by atomic mass is 19.1. The first-order chi connectivity index (χ1) is 17.3. The molecule has 0 bridgehead atoms. The summed E-state index contributed by atoms with van der Waals surface area (Å²) in [4.78, 5) is 36.3. The maximum Gasteiger partial charge on any atom is 0.270 e. The van der Waals surface area contributed by atoms with Crippen LogP contribution >= 0.6 is 0 Å². The zero-order chi connectivity index (χ0) is 25.4. The molecule has 0 unspecified atom stereocenters. The number of anilines is 1. The van der Waals surface area contributed by atoms with Gasteiger partial charge in [0.15, 0.2) is 0 Å². The summed E-state index contributed by atoms with van der Waals surface area (Å²) in [5, 5.41) is 12.6. The molecule has 1 aliphatic carbocycles. The van der Waals surface area contributed by atoms with E-state index in [2.05, 4.69) is 21.4 Å². The number of halogens is 1. The van der Waals surface area contributed by atoms with Crippen LogP contribution in [0.5, 0.6) is 0 Å². The molecule has 8 heteroatoms. The number of nitrogens with zero attached hydrogens (tertiary/aromatic N) is 4. The van der Waals surface area contributed by atoms with Crippen molar-refractivity contribution in [1.29, 1.82) is 5.26 Å². The maximum absolute atomic E-state index is 14.3. The molecule has 36 heavy (non-hydrogen) atoms. The highest BCUT2D eigenvalue weighted by Crippen LogP contribution is 2.51. The number of nitriles is 1. The molecule has 1 saturated heterocycles. The van der Waals surface area contributed by atoms with Gasteiger partial charge in [-0.05, 0) is 92.1 Å². The average molecular weight is 484 g/mol. The number of rotatable bonds is 6. The summed E-state index contributed by atoms with van der Waals surface area (Å²) in [5.74, 6) is -0.901. The molecule has 1 atom stereocenters. The minimum absolute atomic E-state index is 0.107. The highest BCUT2D eigenvalue weighted by molar-refractivity contribution is 6.03. The van der Waals surface area contributed by atoms with E-state index in [1.165, 1.54) is 12.1 Å². The standard InChI is InChI=1S/C28H26FN5O2/c1-17-7-21(15-31-13-17)20-9-19(10-23(29)11-20)14-32-26(35)25-12-24(8-18(2)33-25)34-6-5-28(16-30,27(34)36)22-3-4-22/h7-13,15,22H,3-6,14H2,1-2H3,(H,32,35)/t28-/m1/s1. The molecule has 1 aliphatic heterocycles. The first-order valence-corrected chi connectivity index (χ1v) is 12.0. The number of aromatic nitrogens is 2. The van der Waals surface area contributed by atoms with Crippen molar-refractivity contribution in [2.24, 2.45) is 11.3 Å². The number of amides is 2. The highest BCUT2D eigenvalue weighted by Gasteiger charge is 2.56. The topological polar surface area (TPSA) is 99.0 Å². The van der Waals surface area contributed by atoms with E-state index >= 15 is 0 Å². The number of benzene rings is 1. The molecule has 2 aromatic heterocycles. The number of aryl methyl sites for hydroxylation is 2. The van der Waals surface area contributed by atoms with Crippen molar-refractivity contribution in [1.82, 2.24) is 15.3 Å². The normalized spacial score (nSPS) is 19.3. The van der Waals surface area contributed by atoms with E-state index < -0.39 is 17.1 Å². The van der Waals surface area contributed by atoms with E-state index in [0.717, 1.165) is 24.0 Å². The van der Waals surface area contributed by atoms with Gasteiger partial charge in [0.2, 0.25) is 5.91 Å². The Balaban J connectivity index is 1.33. The fourth-order valence-electron chi connectivity index (χ4n) is 4.96. The zero-order valence-corrected chi connectivity index (χ0v) is 20.2. The first kappa shape index (κ1) is 23.6. The molecule has 3 aromatic rings. The van der Waals surface area contributed by atoms with Gasteiger partial charge in [0, 0.05) is 42.4 Å². The summed E-state index contributed by atoms with van der Waals surface area (Å²) >= 11 is 0. The number of hydrogen-bond donors (Lipinski definition) is 1. The van der Waals surface area contributed by atoms with Crippen LogP contribution in [-0.4, -0.2) is 28.3 Å². The van der Waals surface area contributed by atoms with Gasteiger partial charge in [0.1, 0.15) is 16.9 Å². The van der Waals surface area contributed by atoms with Crippen molar-refractivity contribution in [3.63, 3.8) is 0 Å². The molecule has 5 rings (SSSR count). The van der Waals surface area contributed by atoms with Crippen molar-refractivity contribution in [3.05, 3.63) is 77.1 Å². The lowest BCUT2D eigenvalue weighted by Crippen LogP contribution is -2.35. The molecule has 1 N–H and O–H groups in total. The molecule has 0 radical (unpaired) electrons. The Morgan fingerprint density at radius 3 is 2.69 bits per heavy atom. The molecule has 1 aromatic carbocycles. The number of nitrogens with one attached hydrogen (secondary N) is 1. The van der Waals surface area contributed by atoms with Crippen molar-refractivity contribution < 1.29 is 14.0 Å². The second-order valence-electron chi connectivity index (χ2n) is 9.70. The van der Waals surface area contributed by atoms with Gasteiger partial charge < -0.3 is 10.2 Å². The molecule has 7 nitrogen and oxygen atoms in total. The predicted molar refractivity (Wildman–Crippen MR) is 132 cm³/mol. The lowest BCUT2D eigenvalue weighted by molar-refractivity contribution is -0.123. The Morgan fingerprint density at radius 1 is 1.17 bits per heavy atom. The molecule has 2 fully saturated rings. The maximum atomic E-state index is 14.3. The molecule has 2 aliphatic rings. The minimum Gasteiger partial charge on any atom is -0.347 e. The van der Waals surface area contributed by atoms with Crippen molar-refractivity contribution in [2.45, 2.75) is 39.7 Å². The molecular formula is C28H26FN5O2. The van der Waals surface area contributed by atoms with Gasteiger partial charge in [-0.25, -0.2) is 9.37 Å². The van der Waals surface area contributed by atoms with Crippen molar-refractivity contribution in [2.75, 3.05) is 11.4 Å². The van der Waals surface area contributed by atoms with Crippen LogP contribution < -0.4 is 10.2 Å². The van der Waals surface area contributed by atoms with Gasteiger partial charge in [-0.3, -0.25) is 14.6 Å². The number of carbonyl (C=O) groups excluding carboxylic acids is 2. The fraction of sp³-hybridized carbons (Fsp3) is 0.321. The van der Waals surface area contributed by atoms with Gasteiger partial charge >= 0.3 is 0 Å². The van der Waals surface area contributed by atoms with Crippen LogP contribution in [-0.2, 0) is 11.3 Å².